The second kappa shape index (κ2) is 5.86. The van der Waals surface area contributed by atoms with Gasteiger partial charge in [0.15, 0.2) is 0 Å². The van der Waals surface area contributed by atoms with Gasteiger partial charge in [0, 0.05) is 24.5 Å². The number of nitrogens with one attached hydrogen (secondary N) is 1. The van der Waals surface area contributed by atoms with Crippen LogP contribution in [0, 0.1) is 0 Å². The summed E-state index contributed by atoms with van der Waals surface area (Å²) in [7, 11) is 0. The smallest absolute Gasteiger partial charge is 0.226 e. The highest BCUT2D eigenvalue weighted by atomic mass is 16.5. The number of ether oxygens (including phenoxy) is 1. The Labute approximate surface area is 106 Å². The minimum atomic E-state index is 0.545. The van der Waals surface area contributed by atoms with Gasteiger partial charge in [0.05, 0.1) is 6.61 Å². The summed E-state index contributed by atoms with van der Waals surface area (Å²) in [6.45, 7) is 3.13. The third-order valence-electron chi connectivity index (χ3n) is 2.32. The molecule has 0 spiro atoms. The molecule has 2 rings (SSSR count). The quantitative estimate of drug-likeness (QED) is 0.788. The molecular formula is C13H16N4O. The predicted octanol–water partition coefficient (Wildman–Crippen LogP) is 2.07. The molecule has 5 nitrogen and oxygen atoms in total. The fraction of sp³-hybridized carbons (Fsp3) is 0.231. The summed E-state index contributed by atoms with van der Waals surface area (Å²) in [5, 5.41) is 3.13. The molecule has 0 radical (unpaired) electrons. The first-order valence-corrected chi connectivity index (χ1v) is 5.82. The van der Waals surface area contributed by atoms with Crippen LogP contribution in [0.15, 0.2) is 36.5 Å². The number of aromatic nitrogens is 2. The number of nitrogens with zero attached hydrogens (tertiary/aromatic N) is 2. The van der Waals surface area contributed by atoms with Gasteiger partial charge in [0.1, 0.15) is 0 Å². The van der Waals surface area contributed by atoms with E-state index in [2.05, 4.69) is 15.3 Å². The predicted molar refractivity (Wildman–Crippen MR) is 71.4 cm³/mol. The van der Waals surface area contributed by atoms with Crippen molar-refractivity contribution < 1.29 is 4.74 Å². The first-order chi connectivity index (χ1) is 8.78. The van der Waals surface area contributed by atoms with E-state index in [1.54, 1.807) is 12.3 Å². The molecule has 94 valence electrons. The maximum atomic E-state index is 5.71. The minimum absolute atomic E-state index is 0.545. The topological polar surface area (TPSA) is 73.1 Å². The zero-order valence-electron chi connectivity index (χ0n) is 10.3. The maximum Gasteiger partial charge on any atom is 0.226 e. The van der Waals surface area contributed by atoms with Gasteiger partial charge in [0.25, 0.3) is 0 Å². The van der Waals surface area contributed by atoms with E-state index in [4.69, 9.17) is 10.5 Å². The minimum Gasteiger partial charge on any atom is -0.478 e. The van der Waals surface area contributed by atoms with Crippen molar-refractivity contribution in [3.63, 3.8) is 0 Å². The highest BCUT2D eigenvalue weighted by Crippen LogP contribution is 2.11. The van der Waals surface area contributed by atoms with Crippen molar-refractivity contribution in [1.82, 2.24) is 9.97 Å². The van der Waals surface area contributed by atoms with Gasteiger partial charge in [-0.3, -0.25) is 0 Å². The second-order valence-electron chi connectivity index (χ2n) is 3.75. The van der Waals surface area contributed by atoms with Crippen LogP contribution in [0.5, 0.6) is 5.88 Å². The molecule has 0 aliphatic carbocycles. The number of nitrogens with two attached hydrogens (primary N) is 1. The van der Waals surface area contributed by atoms with Crippen LogP contribution in [0.3, 0.4) is 0 Å². The van der Waals surface area contributed by atoms with Crippen LogP contribution in [0.1, 0.15) is 12.5 Å². The molecule has 0 aliphatic heterocycles. The number of anilines is 2. The first kappa shape index (κ1) is 12.2. The van der Waals surface area contributed by atoms with Crippen LogP contribution >= 0.6 is 0 Å². The largest absolute Gasteiger partial charge is 0.478 e. The Morgan fingerprint density at radius 3 is 3.00 bits per heavy atom. The molecule has 0 unspecified atom stereocenters. The summed E-state index contributed by atoms with van der Waals surface area (Å²) in [4.78, 5) is 8.35. The number of rotatable bonds is 5. The Kier molecular flexibility index (Phi) is 3.96. The van der Waals surface area contributed by atoms with Gasteiger partial charge in [-0.2, -0.15) is 4.98 Å². The maximum absolute atomic E-state index is 5.71. The molecule has 1 aromatic heterocycles. The molecule has 0 fully saturated rings. The van der Waals surface area contributed by atoms with Crippen molar-refractivity contribution >= 4 is 11.6 Å². The monoisotopic (exact) mass is 244 g/mol. The molecule has 1 aromatic carbocycles. The molecule has 0 bridgehead atoms. The van der Waals surface area contributed by atoms with Crippen LogP contribution in [0.4, 0.5) is 11.6 Å². The van der Waals surface area contributed by atoms with Crippen molar-refractivity contribution in [2.75, 3.05) is 17.7 Å². The van der Waals surface area contributed by atoms with E-state index in [0.29, 0.717) is 25.0 Å². The van der Waals surface area contributed by atoms with E-state index in [1.165, 1.54) is 0 Å². The van der Waals surface area contributed by atoms with Crippen molar-refractivity contribution in [3.05, 3.63) is 42.1 Å². The van der Waals surface area contributed by atoms with Gasteiger partial charge in [0.2, 0.25) is 11.8 Å². The van der Waals surface area contributed by atoms with E-state index >= 15 is 0 Å². The number of hydrogen-bond acceptors (Lipinski definition) is 5. The van der Waals surface area contributed by atoms with Crippen LogP contribution in [-0.2, 0) is 6.54 Å². The molecule has 2 aromatic rings. The third-order valence-corrected chi connectivity index (χ3v) is 2.32. The third kappa shape index (κ3) is 3.35. The SMILES string of the molecule is CCOc1ccnc(NCc2cccc(N)c2)n1. The average Bonchev–Trinajstić information content (AvgIpc) is 2.37. The summed E-state index contributed by atoms with van der Waals surface area (Å²) in [6.07, 6.45) is 1.67. The lowest BCUT2D eigenvalue weighted by atomic mass is 10.2. The van der Waals surface area contributed by atoms with Crippen molar-refractivity contribution in [3.8, 4) is 5.88 Å². The lowest BCUT2D eigenvalue weighted by Crippen LogP contribution is -2.05. The van der Waals surface area contributed by atoms with Crippen molar-refractivity contribution in [2.45, 2.75) is 13.5 Å². The standard InChI is InChI=1S/C13H16N4O/c1-2-18-12-6-7-15-13(17-12)16-9-10-4-3-5-11(14)8-10/h3-8H,2,9,14H2,1H3,(H,15,16,17). The summed E-state index contributed by atoms with van der Waals surface area (Å²) >= 11 is 0. The Morgan fingerprint density at radius 1 is 1.33 bits per heavy atom. The molecule has 0 aliphatic rings. The Hall–Kier alpha value is -2.30. The highest BCUT2D eigenvalue weighted by Gasteiger charge is 1.99. The van der Waals surface area contributed by atoms with Crippen LogP contribution in [0.25, 0.3) is 0 Å². The zero-order valence-corrected chi connectivity index (χ0v) is 10.3. The molecule has 0 amide bonds. The summed E-state index contributed by atoms with van der Waals surface area (Å²) in [5.41, 5.74) is 7.54. The molecule has 18 heavy (non-hydrogen) atoms. The van der Waals surface area contributed by atoms with E-state index in [1.807, 2.05) is 31.2 Å². The summed E-state index contributed by atoms with van der Waals surface area (Å²) in [5.74, 6) is 1.12. The lowest BCUT2D eigenvalue weighted by molar-refractivity contribution is 0.326. The van der Waals surface area contributed by atoms with Gasteiger partial charge in [-0.25, -0.2) is 4.98 Å². The number of nitrogen functional groups attached to an aromatic ring is 1. The highest BCUT2D eigenvalue weighted by molar-refractivity contribution is 5.41. The Morgan fingerprint density at radius 2 is 2.22 bits per heavy atom. The molecular weight excluding hydrogens is 228 g/mol. The van der Waals surface area contributed by atoms with E-state index in [9.17, 15) is 0 Å². The fourth-order valence-corrected chi connectivity index (χ4v) is 1.54. The summed E-state index contributed by atoms with van der Waals surface area (Å²) in [6, 6.07) is 9.42. The van der Waals surface area contributed by atoms with E-state index < -0.39 is 0 Å². The van der Waals surface area contributed by atoms with Gasteiger partial charge >= 0.3 is 0 Å². The summed E-state index contributed by atoms with van der Waals surface area (Å²) < 4.78 is 5.31. The average molecular weight is 244 g/mol. The van der Waals surface area contributed by atoms with Crippen LogP contribution in [-0.4, -0.2) is 16.6 Å². The Balaban J connectivity index is 1.99. The molecule has 0 saturated heterocycles. The molecule has 3 N–H and O–H groups in total. The number of hydrogen-bond donors (Lipinski definition) is 2. The molecule has 1 heterocycles. The van der Waals surface area contributed by atoms with Gasteiger partial charge in [-0.15, -0.1) is 0 Å². The first-order valence-electron chi connectivity index (χ1n) is 5.82. The molecule has 5 heteroatoms. The lowest BCUT2D eigenvalue weighted by Gasteiger charge is -2.07. The molecule has 0 saturated carbocycles. The van der Waals surface area contributed by atoms with Crippen LogP contribution < -0.4 is 15.8 Å². The fourth-order valence-electron chi connectivity index (χ4n) is 1.54. The van der Waals surface area contributed by atoms with Gasteiger partial charge < -0.3 is 15.8 Å². The van der Waals surface area contributed by atoms with Gasteiger partial charge in [-0.05, 0) is 24.6 Å². The molecule has 0 atom stereocenters. The van der Waals surface area contributed by atoms with Gasteiger partial charge in [-0.1, -0.05) is 12.1 Å². The van der Waals surface area contributed by atoms with E-state index in [0.717, 1.165) is 11.3 Å². The van der Waals surface area contributed by atoms with Crippen molar-refractivity contribution in [1.29, 1.82) is 0 Å². The normalized spacial score (nSPS) is 10.1. The Bertz CT molecular complexity index is 516. The van der Waals surface area contributed by atoms with Crippen LogP contribution in [0.2, 0.25) is 0 Å². The van der Waals surface area contributed by atoms with E-state index in [-0.39, 0.29) is 0 Å². The second-order valence-corrected chi connectivity index (χ2v) is 3.75. The number of benzene rings is 1. The van der Waals surface area contributed by atoms with Crippen molar-refractivity contribution in [2.24, 2.45) is 0 Å². The zero-order chi connectivity index (χ0) is 12.8.